The van der Waals surface area contributed by atoms with Gasteiger partial charge in [-0.2, -0.15) is 10.2 Å². The molecule has 1 atom stereocenters. The highest BCUT2D eigenvalue weighted by molar-refractivity contribution is 7.89. The molecular weight excluding hydrogens is 725 g/mol. The summed E-state index contributed by atoms with van der Waals surface area (Å²) in [5.74, 6) is -0.699. The first-order chi connectivity index (χ1) is 24.7. The van der Waals surface area contributed by atoms with Crippen LogP contribution in [0.15, 0.2) is 90.1 Å². The lowest BCUT2D eigenvalue weighted by molar-refractivity contribution is -0.143. The predicted octanol–water partition coefficient (Wildman–Crippen LogP) is 7.23. The first-order valence-electron chi connectivity index (χ1n) is 16.1. The zero-order valence-corrected chi connectivity index (χ0v) is 30.4. The Bertz CT molecular complexity index is 2330. The largest absolute Gasteiger partial charge is 0.480 e. The van der Waals surface area contributed by atoms with Crippen molar-refractivity contribution in [3.63, 3.8) is 0 Å². The van der Waals surface area contributed by atoms with Crippen LogP contribution in [0.2, 0.25) is 10.0 Å². The summed E-state index contributed by atoms with van der Waals surface area (Å²) in [4.78, 5) is 20.5. The number of sulfonamides is 1. The number of rotatable bonds is 12. The Morgan fingerprint density at radius 3 is 2.46 bits per heavy atom. The van der Waals surface area contributed by atoms with Crippen molar-refractivity contribution in [2.75, 3.05) is 0 Å². The summed E-state index contributed by atoms with van der Waals surface area (Å²) in [5, 5.41) is 27.9. The fourth-order valence-electron chi connectivity index (χ4n) is 5.91. The minimum absolute atomic E-state index is 0.0137. The lowest BCUT2D eigenvalue weighted by Gasteiger charge is -2.23. The van der Waals surface area contributed by atoms with Crippen LogP contribution in [0.5, 0.6) is 11.8 Å². The van der Waals surface area contributed by atoms with E-state index in [0.717, 1.165) is 33.4 Å². The molecule has 0 amide bonds. The Balaban J connectivity index is 1.29. The molecule has 2 aromatic heterocycles. The average molecular weight is 759 g/mol. The van der Waals surface area contributed by atoms with E-state index in [1.54, 1.807) is 44.3 Å². The van der Waals surface area contributed by atoms with E-state index in [2.05, 4.69) is 21.4 Å². The standard InChI is InChI=1S/C38H33Cl2N5O6S/c1-38(2,37(46)47)44-20-25-16-32(39)36(45-35(25)50-21-23-15-22(17-41)18-43-19-23)51-33-14-13-29-28(6-4-7-30(29)33)31-8-3-5-27(34(31)40)24-9-11-26(12-10-24)52(42,48)49/h3-12,15-16,18-19,33,44H,13-14,20-21H2,1-2H3,(H,46,47)(H2,42,48,49)/t33-/m0/s1. The Labute approximate surface area is 311 Å². The molecule has 266 valence electrons. The van der Waals surface area contributed by atoms with Crippen LogP contribution in [0, 0.1) is 11.3 Å². The van der Waals surface area contributed by atoms with Gasteiger partial charge in [-0.25, -0.2) is 13.6 Å². The summed E-state index contributed by atoms with van der Waals surface area (Å²) in [7, 11) is -3.83. The van der Waals surface area contributed by atoms with Gasteiger partial charge in [0.05, 0.1) is 15.5 Å². The van der Waals surface area contributed by atoms with Crippen molar-refractivity contribution >= 4 is 39.2 Å². The average Bonchev–Trinajstić information content (AvgIpc) is 3.53. The number of carbonyl (C=O) groups is 1. The summed E-state index contributed by atoms with van der Waals surface area (Å²) < 4.78 is 36.1. The van der Waals surface area contributed by atoms with Crippen LogP contribution < -0.4 is 19.9 Å². The Morgan fingerprint density at radius 1 is 1.04 bits per heavy atom. The van der Waals surface area contributed by atoms with Gasteiger partial charge in [0.1, 0.15) is 29.3 Å². The third-order valence-electron chi connectivity index (χ3n) is 8.79. The highest BCUT2D eigenvalue weighted by Gasteiger charge is 2.30. The van der Waals surface area contributed by atoms with Crippen molar-refractivity contribution in [1.82, 2.24) is 15.3 Å². The fraction of sp³-hybridized carbons (Fsp3) is 0.211. The molecule has 4 N–H and O–H groups in total. The van der Waals surface area contributed by atoms with Gasteiger partial charge in [0.25, 0.3) is 0 Å². The minimum atomic E-state index is -3.83. The maximum Gasteiger partial charge on any atom is 0.323 e. The number of nitrogens with two attached hydrogens (primary N) is 1. The Morgan fingerprint density at radius 2 is 1.75 bits per heavy atom. The molecule has 0 saturated carbocycles. The number of fused-ring (bicyclic) bond motifs is 1. The summed E-state index contributed by atoms with van der Waals surface area (Å²) in [6.45, 7) is 3.22. The number of pyridine rings is 2. The molecule has 5 aromatic rings. The van der Waals surface area contributed by atoms with Gasteiger partial charge in [-0.05, 0) is 73.2 Å². The third kappa shape index (κ3) is 7.89. The van der Waals surface area contributed by atoms with Gasteiger partial charge in [0.15, 0.2) is 0 Å². The smallest absolute Gasteiger partial charge is 0.323 e. The number of nitrogens with one attached hydrogen (secondary N) is 1. The van der Waals surface area contributed by atoms with E-state index in [1.807, 2.05) is 36.4 Å². The second-order valence-electron chi connectivity index (χ2n) is 12.8. The molecule has 14 heteroatoms. The van der Waals surface area contributed by atoms with Crippen LogP contribution in [0.25, 0.3) is 22.3 Å². The lowest BCUT2D eigenvalue weighted by atomic mass is 9.94. The molecule has 0 saturated heterocycles. The van der Waals surface area contributed by atoms with E-state index in [0.29, 0.717) is 34.6 Å². The summed E-state index contributed by atoms with van der Waals surface area (Å²) >= 11 is 13.8. The van der Waals surface area contributed by atoms with Gasteiger partial charge in [-0.1, -0.05) is 71.7 Å². The molecule has 0 aliphatic heterocycles. The number of primary sulfonamides is 1. The molecule has 0 bridgehead atoms. The summed E-state index contributed by atoms with van der Waals surface area (Å²) in [5.41, 5.74) is 5.54. The maximum atomic E-state index is 11.8. The van der Waals surface area contributed by atoms with Crippen molar-refractivity contribution in [3.05, 3.63) is 123 Å². The van der Waals surface area contributed by atoms with Crippen LogP contribution in [0.3, 0.4) is 0 Å². The summed E-state index contributed by atoms with van der Waals surface area (Å²) in [6, 6.07) is 23.3. The number of aromatic nitrogens is 2. The zero-order chi connectivity index (χ0) is 37.2. The van der Waals surface area contributed by atoms with Crippen molar-refractivity contribution in [2.24, 2.45) is 5.14 Å². The molecule has 0 fully saturated rings. The lowest BCUT2D eigenvalue weighted by Crippen LogP contribution is -2.46. The maximum absolute atomic E-state index is 11.8. The van der Waals surface area contributed by atoms with Gasteiger partial charge in [-0.3, -0.25) is 15.1 Å². The molecular formula is C38H33Cl2N5O6S. The molecule has 6 rings (SSSR count). The molecule has 0 radical (unpaired) electrons. The molecule has 0 spiro atoms. The summed E-state index contributed by atoms with van der Waals surface area (Å²) in [6.07, 6.45) is 3.96. The molecule has 11 nitrogen and oxygen atoms in total. The predicted molar refractivity (Wildman–Crippen MR) is 196 cm³/mol. The molecule has 1 aliphatic rings. The highest BCUT2D eigenvalue weighted by atomic mass is 35.5. The monoisotopic (exact) mass is 757 g/mol. The number of hydrogen-bond donors (Lipinski definition) is 3. The molecule has 0 unspecified atom stereocenters. The minimum Gasteiger partial charge on any atom is -0.480 e. The van der Waals surface area contributed by atoms with E-state index in [4.69, 9.17) is 37.8 Å². The normalized spacial score (nSPS) is 14.0. The van der Waals surface area contributed by atoms with Gasteiger partial charge in [0, 0.05) is 41.2 Å². The number of nitriles is 1. The number of carboxylic acids is 1. The van der Waals surface area contributed by atoms with E-state index in [9.17, 15) is 23.6 Å². The first kappa shape index (κ1) is 36.8. The fourth-order valence-corrected chi connectivity index (χ4v) is 6.98. The number of aliphatic carboxylic acids is 1. The van der Waals surface area contributed by atoms with Gasteiger partial charge in [-0.15, -0.1) is 0 Å². The van der Waals surface area contributed by atoms with E-state index in [-0.39, 0.29) is 34.8 Å². The first-order valence-corrected chi connectivity index (χ1v) is 18.4. The molecule has 1 aliphatic carbocycles. The molecule has 3 aromatic carbocycles. The second kappa shape index (κ2) is 14.9. The SMILES string of the molecule is CC(C)(NCc1cc(Cl)c(O[C@H]2CCc3c(-c4cccc(-c5ccc(S(N)(=O)=O)cc5)c4Cl)cccc32)nc1OCc1cncc(C#N)c1)C(=O)O. The van der Waals surface area contributed by atoms with Crippen LogP contribution in [0.4, 0.5) is 0 Å². The Hall–Kier alpha value is -5.03. The highest BCUT2D eigenvalue weighted by Crippen LogP contribution is 2.44. The van der Waals surface area contributed by atoms with E-state index < -0.39 is 27.6 Å². The van der Waals surface area contributed by atoms with Gasteiger partial charge in [0.2, 0.25) is 21.8 Å². The quantitative estimate of drug-likeness (QED) is 0.118. The second-order valence-corrected chi connectivity index (χ2v) is 15.1. The number of halogens is 2. The molecule has 2 heterocycles. The Kier molecular flexibility index (Phi) is 10.5. The topological polar surface area (TPSA) is 178 Å². The van der Waals surface area contributed by atoms with Crippen LogP contribution >= 0.6 is 23.2 Å². The van der Waals surface area contributed by atoms with Crippen LogP contribution in [0.1, 0.15) is 54.2 Å². The van der Waals surface area contributed by atoms with Crippen molar-refractivity contribution < 1.29 is 27.8 Å². The number of ether oxygens (including phenoxy) is 2. The van der Waals surface area contributed by atoms with Gasteiger partial charge < -0.3 is 14.6 Å². The van der Waals surface area contributed by atoms with Crippen molar-refractivity contribution in [1.29, 1.82) is 5.26 Å². The zero-order valence-electron chi connectivity index (χ0n) is 28.1. The number of carboxylic acid groups (broad SMARTS) is 1. The van der Waals surface area contributed by atoms with Gasteiger partial charge >= 0.3 is 5.97 Å². The van der Waals surface area contributed by atoms with E-state index >= 15 is 0 Å². The van der Waals surface area contributed by atoms with E-state index in [1.165, 1.54) is 18.3 Å². The number of hydrogen-bond acceptors (Lipinski definition) is 9. The van der Waals surface area contributed by atoms with Crippen LogP contribution in [-0.2, 0) is 34.4 Å². The van der Waals surface area contributed by atoms with Crippen LogP contribution in [-0.4, -0.2) is 35.0 Å². The molecule has 52 heavy (non-hydrogen) atoms. The number of benzene rings is 3. The van der Waals surface area contributed by atoms with Crippen molar-refractivity contribution in [3.8, 4) is 40.1 Å². The number of nitrogens with zero attached hydrogens (tertiary/aromatic N) is 3. The third-order valence-corrected chi connectivity index (χ3v) is 10.4. The van der Waals surface area contributed by atoms with Crippen molar-refractivity contribution in [2.45, 2.75) is 56.4 Å².